The maximum absolute atomic E-state index is 9.17. The zero-order valence-electron chi connectivity index (χ0n) is 8.93. The normalized spacial score (nSPS) is 10.3. The predicted molar refractivity (Wildman–Crippen MR) is 71.2 cm³/mol. The molecule has 4 nitrogen and oxygen atoms in total. The van der Waals surface area contributed by atoms with Gasteiger partial charge in [0.15, 0.2) is 0 Å². The number of nitriles is 2. The van der Waals surface area contributed by atoms with Gasteiger partial charge in [0.25, 0.3) is 0 Å². The number of fused-ring (bicyclic) bond motifs is 1. The molecule has 0 amide bonds. The van der Waals surface area contributed by atoms with Crippen LogP contribution < -0.4 is 5.73 Å². The lowest BCUT2D eigenvalue weighted by molar-refractivity contribution is 0.583. The Hall–Kier alpha value is -2.28. The third kappa shape index (κ3) is 1.34. The summed E-state index contributed by atoms with van der Waals surface area (Å²) in [5, 5.41) is 18.9. The number of furan rings is 1. The molecule has 86 valence electrons. The topological polar surface area (TPSA) is 86.7 Å². The van der Waals surface area contributed by atoms with Gasteiger partial charge in [-0.3, -0.25) is 0 Å². The highest BCUT2D eigenvalue weighted by atomic mass is 32.2. The van der Waals surface area contributed by atoms with Gasteiger partial charge in [-0.25, -0.2) is 0 Å². The standard InChI is InChI=1S/C12H5N3OS2/c13-4-7-9(6-2-1-3-16-6)10-11(15)8(5-14)18-12(10)17-7/h1-3H,15H2. The summed E-state index contributed by atoms with van der Waals surface area (Å²) in [7, 11) is 0. The first-order valence-corrected chi connectivity index (χ1v) is 6.58. The van der Waals surface area contributed by atoms with Crippen molar-refractivity contribution in [3.8, 4) is 23.5 Å². The summed E-state index contributed by atoms with van der Waals surface area (Å²) >= 11 is 2.65. The molecule has 0 aliphatic rings. The number of nitrogens with zero attached hydrogens (tertiary/aromatic N) is 2. The molecule has 0 atom stereocenters. The van der Waals surface area contributed by atoms with Crippen molar-refractivity contribution in [1.29, 1.82) is 10.5 Å². The molecule has 0 spiro atoms. The van der Waals surface area contributed by atoms with Crippen molar-refractivity contribution in [3.05, 3.63) is 28.2 Å². The molecule has 6 heteroatoms. The van der Waals surface area contributed by atoms with E-state index in [0.717, 1.165) is 9.40 Å². The highest BCUT2D eigenvalue weighted by Gasteiger charge is 2.22. The van der Waals surface area contributed by atoms with Crippen LogP contribution in [0, 0.1) is 22.7 Å². The lowest BCUT2D eigenvalue weighted by Gasteiger charge is -1.95. The molecule has 0 saturated carbocycles. The lowest BCUT2D eigenvalue weighted by Crippen LogP contribution is -1.86. The SMILES string of the molecule is N#Cc1sc2sc(C#N)c(-c3ccco3)c2c1N. The molecule has 2 N–H and O–H groups in total. The lowest BCUT2D eigenvalue weighted by atomic mass is 10.1. The highest BCUT2D eigenvalue weighted by Crippen LogP contribution is 2.46. The Morgan fingerprint density at radius 3 is 2.50 bits per heavy atom. The molecular weight excluding hydrogens is 266 g/mol. The minimum Gasteiger partial charge on any atom is -0.464 e. The molecule has 0 bridgehead atoms. The first-order chi connectivity index (χ1) is 8.76. The molecule has 0 saturated heterocycles. The van der Waals surface area contributed by atoms with Crippen molar-refractivity contribution in [2.24, 2.45) is 0 Å². The Labute approximate surface area is 110 Å². The van der Waals surface area contributed by atoms with Crippen LogP contribution in [0.25, 0.3) is 20.7 Å². The highest BCUT2D eigenvalue weighted by molar-refractivity contribution is 7.39. The maximum Gasteiger partial charge on any atom is 0.136 e. The van der Waals surface area contributed by atoms with Gasteiger partial charge in [-0.1, -0.05) is 0 Å². The van der Waals surface area contributed by atoms with Gasteiger partial charge in [0.2, 0.25) is 0 Å². The van der Waals surface area contributed by atoms with Crippen LogP contribution in [-0.4, -0.2) is 0 Å². The number of nitrogens with two attached hydrogens (primary N) is 1. The fourth-order valence-corrected chi connectivity index (χ4v) is 4.08. The molecule has 0 fully saturated rings. The van der Waals surface area contributed by atoms with Gasteiger partial charge in [-0.15, -0.1) is 22.7 Å². The third-order valence-electron chi connectivity index (χ3n) is 2.56. The van der Waals surface area contributed by atoms with E-state index in [2.05, 4.69) is 12.1 Å². The third-order valence-corrected chi connectivity index (χ3v) is 4.85. The molecule has 3 heterocycles. The average molecular weight is 271 g/mol. The smallest absolute Gasteiger partial charge is 0.136 e. The van der Waals surface area contributed by atoms with E-state index in [1.54, 1.807) is 18.4 Å². The quantitative estimate of drug-likeness (QED) is 0.733. The zero-order valence-corrected chi connectivity index (χ0v) is 10.6. The second kappa shape index (κ2) is 3.88. The van der Waals surface area contributed by atoms with Crippen molar-refractivity contribution >= 4 is 37.8 Å². The van der Waals surface area contributed by atoms with E-state index in [4.69, 9.17) is 15.4 Å². The Morgan fingerprint density at radius 1 is 1.17 bits per heavy atom. The second-order valence-electron chi connectivity index (χ2n) is 3.51. The fourth-order valence-electron chi connectivity index (χ4n) is 1.81. The van der Waals surface area contributed by atoms with Crippen molar-refractivity contribution in [1.82, 2.24) is 0 Å². The molecule has 0 aliphatic heterocycles. The molecule has 3 aromatic heterocycles. The molecule has 0 radical (unpaired) electrons. The Kier molecular flexibility index (Phi) is 2.34. The largest absolute Gasteiger partial charge is 0.464 e. The van der Waals surface area contributed by atoms with E-state index in [1.165, 1.54) is 22.7 Å². The summed E-state index contributed by atoms with van der Waals surface area (Å²) in [6, 6.07) is 7.76. The molecule has 0 aliphatic carbocycles. The predicted octanol–water partition coefficient (Wildman–Crippen LogP) is 3.55. The average Bonchev–Trinajstić information content (AvgIpc) is 3.05. The number of anilines is 1. The number of nitrogen functional groups attached to an aromatic ring is 1. The van der Waals surface area contributed by atoms with Gasteiger partial charge in [0, 0.05) is 5.39 Å². The van der Waals surface area contributed by atoms with Crippen LogP contribution >= 0.6 is 22.7 Å². The molecule has 0 aromatic carbocycles. The number of thiophene rings is 2. The van der Waals surface area contributed by atoms with E-state index in [9.17, 15) is 5.26 Å². The van der Waals surface area contributed by atoms with Crippen LogP contribution in [0.2, 0.25) is 0 Å². The van der Waals surface area contributed by atoms with Crippen molar-refractivity contribution in [2.75, 3.05) is 5.73 Å². The van der Waals surface area contributed by atoms with E-state index < -0.39 is 0 Å². The number of rotatable bonds is 1. The number of hydrogen-bond acceptors (Lipinski definition) is 6. The minimum atomic E-state index is 0.432. The van der Waals surface area contributed by atoms with Crippen LogP contribution in [0.3, 0.4) is 0 Å². The van der Waals surface area contributed by atoms with E-state index in [-0.39, 0.29) is 0 Å². The van der Waals surface area contributed by atoms with Crippen molar-refractivity contribution in [3.63, 3.8) is 0 Å². The van der Waals surface area contributed by atoms with Crippen LogP contribution in [0.4, 0.5) is 5.69 Å². The van der Waals surface area contributed by atoms with Crippen LogP contribution in [0.5, 0.6) is 0 Å². The summed E-state index contributed by atoms with van der Waals surface area (Å²) < 4.78 is 6.23. The van der Waals surface area contributed by atoms with Crippen molar-refractivity contribution in [2.45, 2.75) is 0 Å². The number of hydrogen-bond donors (Lipinski definition) is 1. The summed E-state index contributed by atoms with van der Waals surface area (Å²) in [5.74, 6) is 0.604. The first kappa shape index (κ1) is 10.8. The summed E-state index contributed by atoms with van der Waals surface area (Å²) in [6.07, 6.45) is 1.55. The van der Waals surface area contributed by atoms with Crippen LogP contribution in [0.1, 0.15) is 9.75 Å². The van der Waals surface area contributed by atoms with Crippen molar-refractivity contribution < 1.29 is 4.42 Å². The molecule has 0 unspecified atom stereocenters. The second-order valence-corrected chi connectivity index (χ2v) is 5.81. The molecule has 3 aromatic rings. The van der Waals surface area contributed by atoms with Gasteiger partial charge >= 0.3 is 0 Å². The van der Waals surface area contributed by atoms with Gasteiger partial charge in [-0.2, -0.15) is 10.5 Å². The minimum absolute atomic E-state index is 0.432. The summed E-state index contributed by atoms with van der Waals surface area (Å²) in [6.45, 7) is 0. The molecule has 18 heavy (non-hydrogen) atoms. The van der Waals surface area contributed by atoms with E-state index in [0.29, 0.717) is 26.8 Å². The van der Waals surface area contributed by atoms with E-state index in [1.807, 2.05) is 0 Å². The Bertz CT molecular complexity index is 812. The zero-order chi connectivity index (χ0) is 12.7. The van der Waals surface area contributed by atoms with Gasteiger partial charge in [-0.05, 0) is 12.1 Å². The maximum atomic E-state index is 9.17. The van der Waals surface area contributed by atoms with Gasteiger partial charge in [0.05, 0.1) is 21.5 Å². The van der Waals surface area contributed by atoms with Gasteiger partial charge in [0.1, 0.15) is 27.7 Å². The first-order valence-electron chi connectivity index (χ1n) is 4.95. The van der Waals surface area contributed by atoms with Gasteiger partial charge < -0.3 is 10.2 Å². The monoisotopic (exact) mass is 271 g/mol. The van der Waals surface area contributed by atoms with Crippen LogP contribution in [0.15, 0.2) is 22.8 Å². The molecule has 3 rings (SSSR count). The Balaban J connectivity index is 2.45. The van der Waals surface area contributed by atoms with Crippen LogP contribution in [-0.2, 0) is 0 Å². The molecular formula is C12H5N3OS2. The fraction of sp³-hybridized carbons (Fsp3) is 0. The summed E-state index contributed by atoms with van der Waals surface area (Å²) in [5.41, 5.74) is 7.09. The van der Waals surface area contributed by atoms with E-state index >= 15 is 0 Å². The Morgan fingerprint density at radius 2 is 1.89 bits per heavy atom. The summed E-state index contributed by atoms with van der Waals surface area (Å²) in [4.78, 5) is 1.04.